The molecule has 0 aliphatic carbocycles. The molecule has 6 N–H and O–H groups in total. The third-order valence-electron chi connectivity index (χ3n) is 1.08. The van der Waals surface area contributed by atoms with Crippen molar-refractivity contribution in [3.63, 3.8) is 0 Å². The van der Waals surface area contributed by atoms with Gasteiger partial charge in [0.25, 0.3) is 0 Å². The Kier molecular flexibility index (Phi) is 3.23. The van der Waals surface area contributed by atoms with Crippen LogP contribution in [0.15, 0.2) is 12.3 Å². The Morgan fingerprint density at radius 1 is 0.938 bits per heavy atom. The van der Waals surface area contributed by atoms with Gasteiger partial charge in [0.15, 0.2) is 0 Å². The van der Waals surface area contributed by atoms with E-state index in [0.29, 0.717) is 0 Å². The molecular weight excluding hydrogens is 228 g/mol. The van der Waals surface area contributed by atoms with Gasteiger partial charge in [0.2, 0.25) is 5.88 Å². The molecule has 90 valence electrons. The highest BCUT2D eigenvalue weighted by Gasteiger charge is 2.25. The van der Waals surface area contributed by atoms with Crippen molar-refractivity contribution in [3.05, 3.63) is 12.3 Å². The highest BCUT2D eigenvalue weighted by atomic mass is 16.9. The van der Waals surface area contributed by atoms with Gasteiger partial charge in [-0.15, -0.1) is 0 Å². The average molecular weight is 236 g/mol. The second kappa shape index (κ2) is 4.13. The van der Waals surface area contributed by atoms with Crippen LogP contribution >= 0.6 is 0 Å². The zero-order valence-electron chi connectivity index (χ0n) is 7.55. The van der Waals surface area contributed by atoms with Crippen molar-refractivity contribution in [2.45, 2.75) is 12.3 Å². The minimum Gasteiger partial charge on any atom is -0.399 e. The lowest BCUT2D eigenvalue weighted by Crippen LogP contribution is -2.36. The van der Waals surface area contributed by atoms with Crippen LogP contribution in [0.2, 0.25) is 0 Å². The summed E-state index contributed by atoms with van der Waals surface area (Å²) >= 11 is 0. The van der Waals surface area contributed by atoms with Gasteiger partial charge < -0.3 is 40.1 Å². The molecule has 0 aliphatic rings. The minimum atomic E-state index is -3.49. The van der Waals surface area contributed by atoms with E-state index in [9.17, 15) is 0 Å². The molecule has 0 aromatic carbocycles. The maximum absolute atomic E-state index is 8.43. The molecule has 1 rings (SSSR count). The average Bonchev–Trinajstić information content (AvgIpc) is 1.96. The lowest BCUT2D eigenvalue weighted by atomic mass is 10.6. The monoisotopic (exact) mass is 236 g/mol. The molecule has 0 fully saturated rings. The van der Waals surface area contributed by atoms with E-state index in [2.05, 4.69) is 19.4 Å². The van der Waals surface area contributed by atoms with Gasteiger partial charge in [0.1, 0.15) is 0 Å². The Morgan fingerprint density at radius 2 is 1.50 bits per heavy atom. The van der Waals surface area contributed by atoms with Crippen molar-refractivity contribution in [1.29, 1.82) is 0 Å². The van der Waals surface area contributed by atoms with Crippen molar-refractivity contribution in [1.82, 2.24) is 9.97 Å². The van der Waals surface area contributed by atoms with Gasteiger partial charge in [-0.3, -0.25) is 0 Å². The SMILES string of the molecule is OC(O)(O)Oc1ccnc(OC(O)(O)O)n1. The third kappa shape index (κ3) is 4.79. The maximum Gasteiger partial charge on any atom is 0.455 e. The lowest BCUT2D eigenvalue weighted by Gasteiger charge is -2.16. The number of hydrogen-bond acceptors (Lipinski definition) is 10. The predicted molar refractivity (Wildman–Crippen MR) is 42.1 cm³/mol. The second-order valence-corrected chi connectivity index (χ2v) is 2.53. The van der Waals surface area contributed by atoms with E-state index in [4.69, 9.17) is 30.6 Å². The van der Waals surface area contributed by atoms with Gasteiger partial charge in [0.05, 0.1) is 0 Å². The molecule has 1 aromatic rings. The summed E-state index contributed by atoms with van der Waals surface area (Å²) in [7, 11) is 0. The highest BCUT2D eigenvalue weighted by molar-refractivity contribution is 5.11. The Labute approximate surface area is 87.6 Å². The normalized spacial score (nSPS) is 12.4. The number of hydrogen-bond donors (Lipinski definition) is 6. The molecule has 10 heteroatoms. The molecule has 1 heterocycles. The molecule has 0 radical (unpaired) electrons. The number of rotatable bonds is 4. The molecule has 0 unspecified atom stereocenters. The summed E-state index contributed by atoms with van der Waals surface area (Å²) < 4.78 is 8.02. The van der Waals surface area contributed by atoms with Crippen LogP contribution in [-0.4, -0.2) is 52.9 Å². The molecule has 0 saturated carbocycles. The largest absolute Gasteiger partial charge is 0.455 e. The topological polar surface area (TPSA) is 166 Å². The molecule has 0 bridgehead atoms. The van der Waals surface area contributed by atoms with Crippen LogP contribution in [0.25, 0.3) is 0 Å². The molecule has 16 heavy (non-hydrogen) atoms. The van der Waals surface area contributed by atoms with Crippen LogP contribution in [-0.2, 0) is 0 Å². The summed E-state index contributed by atoms with van der Waals surface area (Å²) in [5.41, 5.74) is 0. The summed E-state index contributed by atoms with van der Waals surface area (Å²) in [6.07, 6.45) is -5.98. The number of nitrogens with zero attached hydrogens (tertiary/aromatic N) is 2. The van der Waals surface area contributed by atoms with Crippen LogP contribution < -0.4 is 9.47 Å². The van der Waals surface area contributed by atoms with Crippen LogP contribution in [0.5, 0.6) is 11.9 Å². The van der Waals surface area contributed by atoms with Crippen LogP contribution in [0.4, 0.5) is 0 Å². The number of aliphatic hydroxyl groups is 6. The van der Waals surface area contributed by atoms with E-state index in [1.165, 1.54) is 0 Å². The van der Waals surface area contributed by atoms with Crippen molar-refractivity contribution in [3.8, 4) is 11.9 Å². The Balaban J connectivity index is 2.79. The van der Waals surface area contributed by atoms with Gasteiger partial charge in [-0.2, -0.15) is 4.98 Å². The summed E-state index contributed by atoms with van der Waals surface area (Å²) in [5, 5.41) is 50.5. The van der Waals surface area contributed by atoms with Gasteiger partial charge in [-0.1, -0.05) is 0 Å². The zero-order valence-corrected chi connectivity index (χ0v) is 7.55. The van der Waals surface area contributed by atoms with Crippen molar-refractivity contribution >= 4 is 0 Å². The van der Waals surface area contributed by atoms with E-state index in [0.717, 1.165) is 12.3 Å². The molecular formula is C6H8N2O8. The Bertz CT molecular complexity index is 325. The first-order valence-corrected chi connectivity index (χ1v) is 3.71. The van der Waals surface area contributed by atoms with E-state index in [1.807, 2.05) is 0 Å². The summed E-state index contributed by atoms with van der Waals surface area (Å²) in [6, 6.07) is 0.257. The molecule has 0 amide bonds. The van der Waals surface area contributed by atoms with Gasteiger partial charge >= 0.3 is 18.3 Å². The fourth-order valence-electron chi connectivity index (χ4n) is 0.694. The van der Waals surface area contributed by atoms with Gasteiger partial charge in [0, 0.05) is 12.3 Å². The molecule has 0 atom stereocenters. The number of aromatic nitrogens is 2. The molecule has 0 saturated heterocycles. The standard InChI is InChI=1S/C6H8N2O8/c9-5(10,11)15-3-1-2-7-4(8-3)16-6(12,13)14/h1-2,9-14H. The predicted octanol–water partition coefficient (Wildman–Crippen LogP) is -3.59. The molecule has 1 aromatic heterocycles. The van der Waals surface area contributed by atoms with E-state index in [1.54, 1.807) is 0 Å². The lowest BCUT2D eigenvalue weighted by molar-refractivity contribution is -0.422. The van der Waals surface area contributed by atoms with Crippen LogP contribution in [0.1, 0.15) is 0 Å². The maximum atomic E-state index is 8.43. The van der Waals surface area contributed by atoms with Crippen molar-refractivity contribution in [2.24, 2.45) is 0 Å². The van der Waals surface area contributed by atoms with Gasteiger partial charge in [-0.05, 0) is 0 Å². The van der Waals surface area contributed by atoms with Crippen molar-refractivity contribution in [2.75, 3.05) is 0 Å². The van der Waals surface area contributed by atoms with Crippen molar-refractivity contribution < 1.29 is 40.1 Å². The first-order chi connectivity index (χ1) is 7.16. The first-order valence-electron chi connectivity index (χ1n) is 3.71. The summed E-state index contributed by atoms with van der Waals surface area (Å²) in [6.45, 7) is 0. The van der Waals surface area contributed by atoms with Crippen LogP contribution in [0, 0.1) is 0 Å². The fraction of sp³-hybridized carbons (Fsp3) is 0.333. The highest BCUT2D eigenvalue weighted by Crippen LogP contribution is 2.14. The summed E-state index contributed by atoms with van der Waals surface area (Å²) in [4.78, 5) is 6.54. The van der Waals surface area contributed by atoms with Crippen LogP contribution in [0.3, 0.4) is 0 Å². The van der Waals surface area contributed by atoms with E-state index in [-0.39, 0.29) is 0 Å². The van der Waals surface area contributed by atoms with E-state index < -0.39 is 24.2 Å². The Hall–Kier alpha value is -1.56. The third-order valence-corrected chi connectivity index (χ3v) is 1.08. The molecule has 0 spiro atoms. The second-order valence-electron chi connectivity index (χ2n) is 2.53. The van der Waals surface area contributed by atoms with Gasteiger partial charge in [-0.25, -0.2) is 4.98 Å². The fourth-order valence-corrected chi connectivity index (χ4v) is 0.694. The quantitative estimate of drug-likeness (QED) is 0.287. The minimum absolute atomic E-state index is 0.554. The van der Waals surface area contributed by atoms with E-state index >= 15 is 0 Å². The summed E-state index contributed by atoms with van der Waals surface area (Å²) in [5.74, 6) is -0.554. The Morgan fingerprint density at radius 3 is 2.00 bits per heavy atom. The number of ether oxygens (including phenoxy) is 2. The molecule has 0 aliphatic heterocycles. The molecule has 10 nitrogen and oxygen atoms in total. The first kappa shape index (κ1) is 12.5. The zero-order chi connectivity index (χ0) is 12.4. The smallest absolute Gasteiger partial charge is 0.399 e.